The second kappa shape index (κ2) is 3.15. The Morgan fingerprint density at radius 2 is 2.00 bits per heavy atom. The molecule has 1 N–H and O–H groups in total. The molecule has 16 heavy (non-hydrogen) atoms. The number of rotatable bonds is 0. The van der Waals surface area contributed by atoms with Gasteiger partial charge in [-0.3, -0.25) is 0 Å². The predicted octanol–water partition coefficient (Wildman–Crippen LogP) is 2.36. The SMILES string of the molecule is Cc1nc2sc3ccccc3[n+]2c(C)c1O. The number of hydrogen-bond acceptors (Lipinski definition) is 3. The summed E-state index contributed by atoms with van der Waals surface area (Å²) in [7, 11) is 0. The van der Waals surface area contributed by atoms with E-state index in [1.54, 1.807) is 11.3 Å². The molecule has 3 nitrogen and oxygen atoms in total. The largest absolute Gasteiger partial charge is 0.501 e. The Balaban J connectivity index is 2.62. The third kappa shape index (κ3) is 1.13. The Morgan fingerprint density at radius 3 is 2.81 bits per heavy atom. The highest BCUT2D eigenvalue weighted by molar-refractivity contribution is 7.22. The minimum Gasteiger partial charge on any atom is -0.501 e. The summed E-state index contributed by atoms with van der Waals surface area (Å²) in [6.45, 7) is 3.74. The van der Waals surface area contributed by atoms with Crippen molar-refractivity contribution in [2.45, 2.75) is 13.8 Å². The summed E-state index contributed by atoms with van der Waals surface area (Å²) >= 11 is 1.64. The van der Waals surface area contributed by atoms with Crippen molar-refractivity contribution >= 4 is 26.5 Å². The van der Waals surface area contributed by atoms with E-state index in [9.17, 15) is 5.11 Å². The van der Waals surface area contributed by atoms with Crippen LogP contribution in [0.1, 0.15) is 11.4 Å². The molecule has 4 heteroatoms. The molecule has 0 atom stereocenters. The van der Waals surface area contributed by atoms with Crippen molar-refractivity contribution < 1.29 is 9.51 Å². The molecule has 80 valence electrons. The average molecular weight is 231 g/mol. The molecule has 2 aromatic heterocycles. The summed E-state index contributed by atoms with van der Waals surface area (Å²) in [6.07, 6.45) is 0. The molecule has 0 unspecified atom stereocenters. The van der Waals surface area contributed by atoms with Gasteiger partial charge in [0.2, 0.25) is 5.75 Å². The number of aromatic nitrogens is 2. The molecule has 0 saturated carbocycles. The number of aromatic hydroxyl groups is 1. The topological polar surface area (TPSA) is 37.2 Å². The molecule has 0 aliphatic rings. The summed E-state index contributed by atoms with van der Waals surface area (Å²) in [6, 6.07) is 8.13. The van der Waals surface area contributed by atoms with Crippen LogP contribution in [0.4, 0.5) is 0 Å². The maximum Gasteiger partial charge on any atom is 0.388 e. The summed E-state index contributed by atoms with van der Waals surface area (Å²) in [5, 5.41) is 9.90. The highest BCUT2D eigenvalue weighted by atomic mass is 32.1. The van der Waals surface area contributed by atoms with Gasteiger partial charge in [-0.15, -0.1) is 0 Å². The normalized spacial score (nSPS) is 11.4. The van der Waals surface area contributed by atoms with Gasteiger partial charge in [0, 0.05) is 13.8 Å². The van der Waals surface area contributed by atoms with Crippen LogP contribution in [0.15, 0.2) is 24.3 Å². The minimum absolute atomic E-state index is 0.279. The molecule has 2 heterocycles. The van der Waals surface area contributed by atoms with Gasteiger partial charge in [-0.1, -0.05) is 12.1 Å². The lowest BCUT2D eigenvalue weighted by molar-refractivity contribution is -0.489. The van der Waals surface area contributed by atoms with Gasteiger partial charge >= 0.3 is 4.96 Å². The molecule has 0 fully saturated rings. The summed E-state index contributed by atoms with van der Waals surface area (Å²) in [5.74, 6) is 0.279. The van der Waals surface area contributed by atoms with Crippen LogP contribution in [-0.2, 0) is 0 Å². The fraction of sp³-hybridized carbons (Fsp3) is 0.167. The van der Waals surface area contributed by atoms with Crippen molar-refractivity contribution in [2.24, 2.45) is 0 Å². The van der Waals surface area contributed by atoms with Crippen molar-refractivity contribution in [1.29, 1.82) is 0 Å². The fourth-order valence-corrected chi connectivity index (χ4v) is 3.05. The van der Waals surface area contributed by atoms with Crippen LogP contribution in [0.2, 0.25) is 0 Å². The smallest absolute Gasteiger partial charge is 0.388 e. The van der Waals surface area contributed by atoms with Gasteiger partial charge in [-0.2, -0.15) is 4.40 Å². The maximum atomic E-state index is 9.90. The summed E-state index contributed by atoms with van der Waals surface area (Å²) in [5.41, 5.74) is 2.63. The van der Waals surface area contributed by atoms with Gasteiger partial charge in [0.25, 0.3) is 0 Å². The predicted molar refractivity (Wildman–Crippen MR) is 63.9 cm³/mol. The Hall–Kier alpha value is -1.68. The number of para-hydroxylation sites is 1. The quantitative estimate of drug-likeness (QED) is 0.603. The molecule has 0 saturated heterocycles. The number of benzene rings is 1. The molecule has 3 rings (SSSR count). The third-order valence-electron chi connectivity index (χ3n) is 2.78. The highest BCUT2D eigenvalue weighted by Crippen LogP contribution is 2.24. The van der Waals surface area contributed by atoms with Crippen LogP contribution in [0, 0.1) is 13.8 Å². The standard InChI is InChI=1S/C12H10N2OS/c1-7-11(15)8(2)14-9-5-3-4-6-10(9)16-12(14)13-7/h3-6H,1-2H3/p+1. The summed E-state index contributed by atoms with van der Waals surface area (Å²) in [4.78, 5) is 5.33. The Morgan fingerprint density at radius 1 is 1.25 bits per heavy atom. The molecule has 1 aromatic carbocycles. The van der Waals surface area contributed by atoms with Gasteiger partial charge in [-0.25, -0.2) is 0 Å². The second-order valence-electron chi connectivity index (χ2n) is 3.82. The first kappa shape index (κ1) is 9.54. The molecule has 3 aromatic rings. The third-order valence-corrected chi connectivity index (χ3v) is 3.80. The minimum atomic E-state index is 0.279. The van der Waals surface area contributed by atoms with E-state index in [0.29, 0.717) is 5.69 Å². The Labute approximate surface area is 96.6 Å². The van der Waals surface area contributed by atoms with E-state index in [1.165, 1.54) is 4.70 Å². The van der Waals surface area contributed by atoms with Crippen molar-refractivity contribution in [3.63, 3.8) is 0 Å². The van der Waals surface area contributed by atoms with E-state index < -0.39 is 0 Å². The number of thiazole rings is 1. The van der Waals surface area contributed by atoms with Crippen LogP contribution in [-0.4, -0.2) is 10.1 Å². The first-order chi connectivity index (χ1) is 7.68. The van der Waals surface area contributed by atoms with Crippen LogP contribution in [0.5, 0.6) is 5.75 Å². The zero-order valence-corrected chi connectivity index (χ0v) is 9.88. The maximum absolute atomic E-state index is 9.90. The zero-order valence-electron chi connectivity index (χ0n) is 9.06. The Bertz CT molecular complexity index is 703. The van der Waals surface area contributed by atoms with Crippen LogP contribution >= 0.6 is 11.3 Å². The van der Waals surface area contributed by atoms with Crippen molar-refractivity contribution in [3.05, 3.63) is 35.7 Å². The molecule has 0 amide bonds. The lowest BCUT2D eigenvalue weighted by atomic mass is 10.3. The summed E-state index contributed by atoms with van der Waals surface area (Å²) < 4.78 is 3.19. The molecular formula is C12H11N2OS+. The van der Waals surface area contributed by atoms with Gasteiger partial charge in [0.15, 0.2) is 16.9 Å². The van der Waals surface area contributed by atoms with Crippen LogP contribution in [0.25, 0.3) is 15.2 Å². The molecule has 0 spiro atoms. The van der Waals surface area contributed by atoms with Gasteiger partial charge in [0.1, 0.15) is 0 Å². The number of aryl methyl sites for hydroxylation is 2. The van der Waals surface area contributed by atoms with Crippen LogP contribution in [0.3, 0.4) is 0 Å². The molecule has 0 bridgehead atoms. The second-order valence-corrected chi connectivity index (χ2v) is 4.83. The van der Waals surface area contributed by atoms with Gasteiger partial charge in [0.05, 0.1) is 4.70 Å². The van der Waals surface area contributed by atoms with E-state index in [-0.39, 0.29) is 5.75 Å². The fourth-order valence-electron chi connectivity index (χ4n) is 1.94. The molecule has 0 radical (unpaired) electrons. The lowest BCUT2D eigenvalue weighted by Gasteiger charge is -1.97. The van der Waals surface area contributed by atoms with Gasteiger partial charge in [-0.05, 0) is 28.5 Å². The van der Waals surface area contributed by atoms with Crippen LogP contribution < -0.4 is 4.40 Å². The zero-order chi connectivity index (χ0) is 11.3. The van der Waals surface area contributed by atoms with E-state index in [1.807, 2.05) is 36.4 Å². The Kier molecular flexibility index (Phi) is 1.88. The average Bonchev–Trinajstić information content (AvgIpc) is 2.64. The van der Waals surface area contributed by atoms with Gasteiger partial charge < -0.3 is 5.11 Å². The number of nitrogens with zero attached hydrogens (tertiary/aromatic N) is 2. The first-order valence-corrected chi connectivity index (χ1v) is 5.89. The monoisotopic (exact) mass is 231 g/mol. The van der Waals surface area contributed by atoms with Crippen molar-refractivity contribution in [3.8, 4) is 5.75 Å². The first-order valence-electron chi connectivity index (χ1n) is 5.08. The number of fused-ring (bicyclic) bond motifs is 3. The van der Waals surface area contributed by atoms with Crippen molar-refractivity contribution in [2.75, 3.05) is 0 Å². The van der Waals surface area contributed by atoms with Crippen molar-refractivity contribution in [1.82, 2.24) is 4.98 Å². The number of hydrogen-bond donors (Lipinski definition) is 1. The molecular weight excluding hydrogens is 220 g/mol. The molecule has 0 aliphatic carbocycles. The lowest BCUT2D eigenvalue weighted by Crippen LogP contribution is -2.25. The van der Waals surface area contributed by atoms with E-state index >= 15 is 0 Å². The molecule has 0 aliphatic heterocycles. The van der Waals surface area contributed by atoms with E-state index in [2.05, 4.69) is 11.1 Å². The van der Waals surface area contributed by atoms with E-state index in [0.717, 1.165) is 16.2 Å². The highest BCUT2D eigenvalue weighted by Gasteiger charge is 2.20. The van der Waals surface area contributed by atoms with E-state index in [4.69, 9.17) is 0 Å².